The van der Waals surface area contributed by atoms with Gasteiger partial charge in [-0.1, -0.05) is 12.2 Å². The summed E-state index contributed by atoms with van der Waals surface area (Å²) in [5.41, 5.74) is 6.99. The van der Waals surface area contributed by atoms with Gasteiger partial charge in [0.15, 0.2) is 16.8 Å². The first kappa shape index (κ1) is 33.9. The number of aromatic nitrogens is 4. The van der Waals surface area contributed by atoms with E-state index in [2.05, 4.69) is 33.4 Å². The molecule has 4 heterocycles. The van der Waals surface area contributed by atoms with Gasteiger partial charge in [0.25, 0.3) is 23.5 Å². The van der Waals surface area contributed by atoms with E-state index in [1.165, 1.54) is 22.2 Å². The second kappa shape index (κ2) is 13.6. The van der Waals surface area contributed by atoms with Crippen molar-refractivity contribution >= 4 is 70.0 Å². The fourth-order valence-electron chi connectivity index (χ4n) is 3.82. The zero-order valence-corrected chi connectivity index (χ0v) is 25.5. The van der Waals surface area contributed by atoms with E-state index < -0.39 is 67.1 Å². The summed E-state index contributed by atoms with van der Waals surface area (Å²) in [5, 5.41) is 6.31. The average molecular weight is 701 g/mol. The number of anilines is 1. The third kappa shape index (κ3) is 9.04. The molecule has 0 bridgehead atoms. The number of nitrogens with zero attached hydrogens (tertiary/aromatic N) is 3. The van der Waals surface area contributed by atoms with Gasteiger partial charge in [-0.2, -0.15) is 11.3 Å². The van der Waals surface area contributed by atoms with Gasteiger partial charge in [0.1, 0.15) is 43.2 Å². The number of nitrogens with two attached hydrogens (primary N) is 1. The maximum absolute atomic E-state index is 12.5. The number of fused-ring (bicyclic) bond motifs is 1. The summed E-state index contributed by atoms with van der Waals surface area (Å²) in [7, 11) is -12.5. The number of thiophene rings is 1. The molecule has 0 aliphatic carbocycles. The molecule has 1 aliphatic rings. The number of ether oxygens (including phenoxy) is 3. The quantitative estimate of drug-likeness (QED) is 0.118. The van der Waals surface area contributed by atoms with Crippen LogP contribution >= 0.6 is 47.0 Å². The number of nitrogens with one attached hydrogen (secondary N) is 2. The highest BCUT2D eigenvalue weighted by atomic mass is 32.1. The number of carbonyl (C=O) groups excluding carboxylic acids is 1. The van der Waals surface area contributed by atoms with Gasteiger partial charge in [0, 0.05) is 6.54 Å². The van der Waals surface area contributed by atoms with Gasteiger partial charge in [0.05, 0.1) is 12.9 Å². The van der Waals surface area contributed by atoms with Crippen LogP contribution in [0.4, 0.5) is 5.95 Å². The summed E-state index contributed by atoms with van der Waals surface area (Å²) in [6.07, 6.45) is -4.15. The number of phosphoric acid groups is 3. The lowest BCUT2D eigenvalue weighted by Crippen LogP contribution is -2.39. The van der Waals surface area contributed by atoms with Gasteiger partial charge in [0.2, 0.25) is 5.91 Å². The number of aromatic amines is 1. The molecule has 4 rings (SSSR count). The summed E-state index contributed by atoms with van der Waals surface area (Å²) in [4.78, 5) is 66.1. The molecule has 2 radical (unpaired) electrons. The number of rotatable bonds is 14. The Bertz CT molecular complexity index is 1650. The van der Waals surface area contributed by atoms with Crippen LogP contribution < -0.4 is 25.7 Å². The van der Waals surface area contributed by atoms with E-state index in [9.17, 15) is 33.2 Å². The number of amides is 1. The molecule has 0 spiro atoms. The first-order valence-corrected chi connectivity index (χ1v) is 17.2. The van der Waals surface area contributed by atoms with E-state index in [1.54, 1.807) is 0 Å². The Labute approximate surface area is 250 Å². The van der Waals surface area contributed by atoms with Gasteiger partial charge in [-0.05, 0) is 22.4 Å². The van der Waals surface area contributed by atoms with E-state index in [4.69, 9.17) is 44.2 Å². The van der Waals surface area contributed by atoms with Crippen LogP contribution in [-0.4, -0.2) is 61.8 Å². The lowest BCUT2D eigenvalue weighted by Gasteiger charge is -2.33. The number of nitrogen functional groups attached to an aromatic ring is 1. The molecule has 3 aromatic heterocycles. The molecule has 43 heavy (non-hydrogen) atoms. The molecule has 1 amide bonds. The van der Waals surface area contributed by atoms with Gasteiger partial charge in [-0.3, -0.25) is 23.1 Å². The molecule has 4 unspecified atom stereocenters. The van der Waals surface area contributed by atoms with Crippen molar-refractivity contribution in [3.05, 3.63) is 40.5 Å². The first-order valence-electron chi connectivity index (χ1n) is 11.4. The molecule has 1 fully saturated rings. The SMILES string of the molecule is [CH]OC1[C@@H](COP(=O)([O-])OP(=O)([O-])OP(=O)([O-])O)O[C@@H](n2cnc3c(=S)nc(N)[nH]c32)[C@H]1OCC(=O)NCc1ccsc1. The van der Waals surface area contributed by atoms with Crippen LogP contribution in [0.5, 0.6) is 0 Å². The van der Waals surface area contributed by atoms with Crippen molar-refractivity contribution in [3.63, 3.8) is 0 Å². The lowest BCUT2D eigenvalue weighted by atomic mass is 10.1. The zero-order chi connectivity index (χ0) is 31.6. The topological polar surface area (TPSA) is 298 Å². The molecule has 0 aromatic carbocycles. The van der Waals surface area contributed by atoms with Crippen molar-refractivity contribution in [1.82, 2.24) is 24.8 Å². The number of phosphoric ester groups is 1. The fourth-order valence-corrected chi connectivity index (χ4v) is 7.64. The van der Waals surface area contributed by atoms with Crippen LogP contribution in [0.1, 0.15) is 11.8 Å². The molecule has 236 valence electrons. The maximum Gasteiger partial charge on any atom is 0.280 e. The Morgan fingerprint density at radius 1 is 1.28 bits per heavy atom. The van der Waals surface area contributed by atoms with Gasteiger partial charge in [-0.25, -0.2) is 18.6 Å². The molecule has 5 N–H and O–H groups in total. The largest absolute Gasteiger partial charge is 0.756 e. The Kier molecular flexibility index (Phi) is 10.7. The van der Waals surface area contributed by atoms with Crippen LogP contribution in [-0.2, 0) is 52.4 Å². The van der Waals surface area contributed by atoms with Gasteiger partial charge < -0.3 is 54.3 Å². The molecule has 1 saturated heterocycles. The van der Waals surface area contributed by atoms with Crippen LogP contribution in [0.2, 0.25) is 0 Å². The summed E-state index contributed by atoms with van der Waals surface area (Å²) in [5.74, 6) is -0.639. The number of hydrogen-bond donors (Lipinski definition) is 4. The first-order chi connectivity index (χ1) is 20.1. The van der Waals surface area contributed by atoms with Crippen molar-refractivity contribution in [2.24, 2.45) is 0 Å². The second-order valence-corrected chi connectivity index (χ2v) is 13.9. The Hall–Kier alpha value is -1.97. The third-order valence-electron chi connectivity index (χ3n) is 5.46. The maximum atomic E-state index is 12.5. The number of carbonyl (C=O) groups is 1. The van der Waals surface area contributed by atoms with Crippen molar-refractivity contribution in [3.8, 4) is 0 Å². The highest BCUT2D eigenvalue weighted by Gasteiger charge is 2.48. The van der Waals surface area contributed by atoms with Crippen LogP contribution in [0.25, 0.3) is 11.2 Å². The lowest BCUT2D eigenvalue weighted by molar-refractivity contribution is -0.250. The normalized spacial score (nSPS) is 24.8. The van der Waals surface area contributed by atoms with Gasteiger partial charge >= 0.3 is 0 Å². The Morgan fingerprint density at radius 3 is 2.67 bits per heavy atom. The predicted octanol–water partition coefficient (Wildman–Crippen LogP) is -0.767. The van der Waals surface area contributed by atoms with Crippen molar-refractivity contribution in [1.29, 1.82) is 0 Å². The molecule has 0 saturated carbocycles. The van der Waals surface area contributed by atoms with Crippen LogP contribution in [0, 0.1) is 11.8 Å². The van der Waals surface area contributed by atoms with Crippen LogP contribution in [0.3, 0.4) is 0 Å². The molecule has 1 aliphatic heterocycles. The number of hydrogen-bond acceptors (Lipinski definition) is 18. The summed E-state index contributed by atoms with van der Waals surface area (Å²) < 4.78 is 63.6. The molecular weight excluding hydrogens is 681 g/mol. The number of H-pyrrole nitrogens is 1. The van der Waals surface area contributed by atoms with E-state index in [0.29, 0.717) is 0 Å². The van der Waals surface area contributed by atoms with Gasteiger partial charge in [-0.15, -0.1) is 0 Å². The Balaban J connectivity index is 1.54. The van der Waals surface area contributed by atoms with Crippen molar-refractivity contribution in [2.45, 2.75) is 31.1 Å². The highest BCUT2D eigenvalue weighted by molar-refractivity contribution is 7.71. The molecule has 20 nitrogen and oxygen atoms in total. The van der Waals surface area contributed by atoms with Crippen molar-refractivity contribution in [2.75, 3.05) is 18.9 Å². The standard InChI is InChI=1S/C18H23N6O14P3S2/c1-33-13-10(5-35-40(29,30)38-41(31,32)37-39(26,27)28)36-17(24-8-21-12-15(24)22-18(19)23-16(12)42)14(13)34-6-11(25)20-4-9-2-3-43-7-9/h1-3,7-8,10,13-14,17H,4-6H2,(H,20,25)(H,29,30)(H,31,32)(H2,26,27,28)(H3,19,22,23,42)/p-3/t10-,13?,14+,17-/m1/s1. The third-order valence-corrected chi connectivity index (χ3v) is 10.2. The molecule has 7 atom stereocenters. The van der Waals surface area contributed by atoms with E-state index >= 15 is 0 Å². The van der Waals surface area contributed by atoms with E-state index in [0.717, 1.165) is 5.56 Å². The predicted molar refractivity (Wildman–Crippen MR) is 139 cm³/mol. The smallest absolute Gasteiger partial charge is 0.280 e. The van der Waals surface area contributed by atoms with Crippen molar-refractivity contribution < 1.29 is 65.4 Å². The minimum Gasteiger partial charge on any atom is -0.756 e. The van der Waals surface area contributed by atoms with E-state index in [-0.39, 0.29) is 28.3 Å². The minimum absolute atomic E-state index is 0.0268. The summed E-state index contributed by atoms with van der Waals surface area (Å²) in [6, 6.07) is 1.81. The van der Waals surface area contributed by atoms with E-state index in [1.807, 2.05) is 16.8 Å². The highest BCUT2D eigenvalue weighted by Crippen LogP contribution is 2.61. The summed E-state index contributed by atoms with van der Waals surface area (Å²) >= 11 is 6.61. The zero-order valence-electron chi connectivity index (χ0n) is 21.1. The fraction of sp³-hybridized carbons (Fsp3) is 0.389. The second-order valence-electron chi connectivity index (χ2n) is 8.45. The molecular formula is C18H20N6O14P3S2-3. The minimum atomic E-state index is -6.15. The Morgan fingerprint density at radius 2 is 2.02 bits per heavy atom. The molecule has 3 aromatic rings. The monoisotopic (exact) mass is 701 g/mol. The average Bonchev–Trinajstić information content (AvgIpc) is 3.61. The summed E-state index contributed by atoms with van der Waals surface area (Å²) in [6.45, 7) is -1.38. The van der Waals surface area contributed by atoms with Crippen LogP contribution in [0.15, 0.2) is 23.2 Å². The molecule has 25 heteroatoms. The number of imidazole rings is 1.